The third-order valence-corrected chi connectivity index (χ3v) is 4.15. The number of nitrogens with one attached hydrogen (secondary N) is 1. The molecule has 2 rings (SSSR count). The fraction of sp³-hybridized carbons (Fsp3) is 0.750. The van der Waals surface area contributed by atoms with Gasteiger partial charge in [-0.2, -0.15) is 0 Å². The zero-order valence-corrected chi connectivity index (χ0v) is 11.0. The van der Waals surface area contributed by atoms with E-state index in [1.54, 1.807) is 11.3 Å². The number of nitrogens with zero attached hydrogens (tertiary/aromatic N) is 2. The van der Waals surface area contributed by atoms with Crippen LogP contribution in [0.15, 0.2) is 10.9 Å². The van der Waals surface area contributed by atoms with Crippen LogP contribution >= 0.6 is 11.3 Å². The summed E-state index contributed by atoms with van der Waals surface area (Å²) in [6.07, 6.45) is 2.63. The van der Waals surface area contributed by atoms with Gasteiger partial charge in [-0.15, -0.1) is 11.3 Å². The maximum absolute atomic E-state index is 4.39. The standard InChI is InChI=1S/C12H21N3S/c1-10(12-8-16-9-14-12)15(2)7-11-3-5-13-6-4-11/h8-11,13H,3-7H2,1-2H3. The van der Waals surface area contributed by atoms with Crippen LogP contribution in [0.5, 0.6) is 0 Å². The minimum Gasteiger partial charge on any atom is -0.317 e. The number of aromatic nitrogens is 1. The lowest BCUT2D eigenvalue weighted by atomic mass is 9.97. The molecule has 1 aliphatic heterocycles. The SMILES string of the molecule is CC(c1cscn1)N(C)CC1CCNCC1. The van der Waals surface area contributed by atoms with Gasteiger partial charge in [0.05, 0.1) is 11.2 Å². The lowest BCUT2D eigenvalue weighted by Gasteiger charge is -2.30. The molecule has 1 fully saturated rings. The zero-order valence-electron chi connectivity index (χ0n) is 10.1. The van der Waals surface area contributed by atoms with E-state index in [1.807, 2.05) is 5.51 Å². The smallest absolute Gasteiger partial charge is 0.0795 e. The normalized spacial score (nSPS) is 20.2. The molecule has 16 heavy (non-hydrogen) atoms. The van der Waals surface area contributed by atoms with Gasteiger partial charge in [-0.1, -0.05) is 0 Å². The molecule has 0 spiro atoms. The van der Waals surface area contributed by atoms with Crippen molar-refractivity contribution in [2.45, 2.75) is 25.8 Å². The van der Waals surface area contributed by atoms with Gasteiger partial charge in [0.25, 0.3) is 0 Å². The number of hydrogen-bond donors (Lipinski definition) is 1. The highest BCUT2D eigenvalue weighted by Gasteiger charge is 2.19. The Morgan fingerprint density at radius 2 is 2.31 bits per heavy atom. The van der Waals surface area contributed by atoms with E-state index >= 15 is 0 Å². The minimum atomic E-state index is 0.445. The van der Waals surface area contributed by atoms with Crippen molar-refractivity contribution in [3.05, 3.63) is 16.6 Å². The number of hydrogen-bond acceptors (Lipinski definition) is 4. The Morgan fingerprint density at radius 1 is 1.56 bits per heavy atom. The first-order valence-electron chi connectivity index (χ1n) is 6.06. The van der Waals surface area contributed by atoms with Gasteiger partial charge in [0, 0.05) is 18.0 Å². The maximum atomic E-state index is 4.39. The summed E-state index contributed by atoms with van der Waals surface area (Å²) in [5.74, 6) is 0.854. The van der Waals surface area contributed by atoms with Crippen LogP contribution in [-0.4, -0.2) is 36.6 Å². The molecule has 2 heterocycles. The van der Waals surface area contributed by atoms with Crippen LogP contribution in [-0.2, 0) is 0 Å². The molecule has 0 aliphatic carbocycles. The molecule has 1 saturated heterocycles. The number of rotatable bonds is 4. The first-order chi connectivity index (χ1) is 7.77. The largest absolute Gasteiger partial charge is 0.317 e. The molecule has 90 valence electrons. The van der Waals surface area contributed by atoms with E-state index in [2.05, 4.69) is 34.6 Å². The maximum Gasteiger partial charge on any atom is 0.0795 e. The van der Waals surface area contributed by atoms with Gasteiger partial charge in [-0.3, -0.25) is 4.90 Å². The molecule has 0 saturated carbocycles. The van der Waals surface area contributed by atoms with Crippen LogP contribution in [0.4, 0.5) is 0 Å². The van der Waals surface area contributed by atoms with Gasteiger partial charge in [-0.05, 0) is 45.8 Å². The van der Waals surface area contributed by atoms with Gasteiger partial charge in [0.2, 0.25) is 0 Å². The molecule has 0 amide bonds. The molecule has 0 bridgehead atoms. The lowest BCUT2D eigenvalue weighted by Crippen LogP contribution is -2.35. The summed E-state index contributed by atoms with van der Waals surface area (Å²) >= 11 is 1.68. The summed E-state index contributed by atoms with van der Waals surface area (Å²) in [4.78, 5) is 6.83. The van der Waals surface area contributed by atoms with Crippen LogP contribution < -0.4 is 5.32 Å². The molecular formula is C12H21N3S. The summed E-state index contributed by atoms with van der Waals surface area (Å²) in [5, 5.41) is 5.57. The monoisotopic (exact) mass is 239 g/mol. The van der Waals surface area contributed by atoms with E-state index in [0.29, 0.717) is 6.04 Å². The Hall–Kier alpha value is -0.450. The second-order valence-corrected chi connectivity index (χ2v) is 5.44. The van der Waals surface area contributed by atoms with Gasteiger partial charge in [-0.25, -0.2) is 4.98 Å². The van der Waals surface area contributed by atoms with Gasteiger partial charge in [0.15, 0.2) is 0 Å². The Labute approximate surface area is 102 Å². The van der Waals surface area contributed by atoms with E-state index in [-0.39, 0.29) is 0 Å². The average molecular weight is 239 g/mol. The molecule has 0 aromatic carbocycles. The Balaban J connectivity index is 1.84. The summed E-state index contributed by atoms with van der Waals surface area (Å²) in [6.45, 7) is 5.81. The predicted octanol–water partition coefficient (Wildman–Crippen LogP) is 2.14. The van der Waals surface area contributed by atoms with E-state index in [4.69, 9.17) is 0 Å². The zero-order chi connectivity index (χ0) is 11.4. The first kappa shape index (κ1) is 12.0. The van der Waals surface area contributed by atoms with E-state index in [0.717, 1.165) is 5.92 Å². The molecule has 1 N–H and O–H groups in total. The van der Waals surface area contributed by atoms with Crippen molar-refractivity contribution in [2.24, 2.45) is 5.92 Å². The Bertz CT molecular complexity index is 293. The van der Waals surface area contributed by atoms with Crippen LogP contribution in [0, 0.1) is 5.92 Å². The summed E-state index contributed by atoms with van der Waals surface area (Å²) in [7, 11) is 2.21. The second-order valence-electron chi connectivity index (χ2n) is 4.72. The van der Waals surface area contributed by atoms with Crippen molar-refractivity contribution in [1.82, 2.24) is 15.2 Å². The molecule has 1 atom stereocenters. The minimum absolute atomic E-state index is 0.445. The van der Waals surface area contributed by atoms with Crippen LogP contribution in [0.3, 0.4) is 0 Å². The van der Waals surface area contributed by atoms with E-state index in [9.17, 15) is 0 Å². The van der Waals surface area contributed by atoms with Gasteiger partial charge in [0.1, 0.15) is 0 Å². The van der Waals surface area contributed by atoms with Crippen molar-refractivity contribution in [3.8, 4) is 0 Å². The number of thiazole rings is 1. The summed E-state index contributed by atoms with van der Waals surface area (Å²) < 4.78 is 0. The Morgan fingerprint density at radius 3 is 2.94 bits per heavy atom. The van der Waals surface area contributed by atoms with Crippen molar-refractivity contribution < 1.29 is 0 Å². The number of piperidine rings is 1. The highest BCUT2D eigenvalue weighted by atomic mass is 32.1. The predicted molar refractivity (Wildman–Crippen MR) is 68.8 cm³/mol. The van der Waals surface area contributed by atoms with Gasteiger partial charge >= 0.3 is 0 Å². The topological polar surface area (TPSA) is 28.2 Å². The average Bonchev–Trinajstić information content (AvgIpc) is 2.83. The third-order valence-electron chi connectivity index (χ3n) is 3.55. The van der Waals surface area contributed by atoms with Crippen LogP contribution in [0.1, 0.15) is 31.5 Å². The fourth-order valence-electron chi connectivity index (χ4n) is 2.28. The van der Waals surface area contributed by atoms with Crippen LogP contribution in [0.2, 0.25) is 0 Å². The van der Waals surface area contributed by atoms with Crippen molar-refractivity contribution in [2.75, 3.05) is 26.7 Å². The highest BCUT2D eigenvalue weighted by molar-refractivity contribution is 7.07. The summed E-state index contributed by atoms with van der Waals surface area (Å²) in [5.41, 5.74) is 3.13. The van der Waals surface area contributed by atoms with Crippen molar-refractivity contribution in [1.29, 1.82) is 0 Å². The molecule has 4 heteroatoms. The van der Waals surface area contributed by atoms with Crippen LogP contribution in [0.25, 0.3) is 0 Å². The molecule has 3 nitrogen and oxygen atoms in total. The molecule has 1 aliphatic rings. The molecule has 0 radical (unpaired) electrons. The molecule has 1 unspecified atom stereocenters. The molecule has 1 aromatic heterocycles. The first-order valence-corrected chi connectivity index (χ1v) is 7.00. The second kappa shape index (κ2) is 5.75. The van der Waals surface area contributed by atoms with E-state index in [1.165, 1.54) is 38.2 Å². The third kappa shape index (κ3) is 3.03. The molecular weight excluding hydrogens is 218 g/mol. The van der Waals surface area contributed by atoms with Gasteiger partial charge < -0.3 is 5.32 Å². The highest BCUT2D eigenvalue weighted by Crippen LogP contribution is 2.21. The van der Waals surface area contributed by atoms with E-state index < -0.39 is 0 Å². The Kier molecular flexibility index (Phi) is 4.32. The fourth-order valence-corrected chi connectivity index (χ4v) is 2.92. The van der Waals surface area contributed by atoms with Crippen molar-refractivity contribution in [3.63, 3.8) is 0 Å². The lowest BCUT2D eigenvalue weighted by molar-refractivity contribution is 0.194. The quantitative estimate of drug-likeness (QED) is 0.872. The summed E-state index contributed by atoms with van der Waals surface area (Å²) in [6, 6.07) is 0.445. The van der Waals surface area contributed by atoms with Crippen molar-refractivity contribution >= 4 is 11.3 Å². The molecule has 1 aromatic rings.